The van der Waals surface area contributed by atoms with Crippen LogP contribution in [-0.2, 0) is 9.59 Å². The Morgan fingerprint density at radius 3 is 2.25 bits per heavy atom. The lowest BCUT2D eigenvalue weighted by molar-refractivity contribution is -0.311. The number of carboxylic acids is 1. The average Bonchev–Trinajstić information content (AvgIpc) is 2.25. The monoisotopic (exact) mass is 245 g/mol. The van der Waals surface area contributed by atoms with Crippen LogP contribution in [-0.4, -0.2) is 16.3 Å². The zero-order chi connectivity index (χ0) is 12.6. The molecule has 2 unspecified atom stereocenters. The van der Waals surface area contributed by atoms with Gasteiger partial charge in [0.15, 0.2) is 5.12 Å². The molecule has 2 atom stereocenters. The highest BCUT2D eigenvalue weighted by molar-refractivity contribution is 8.14. The van der Waals surface area contributed by atoms with Crippen molar-refractivity contribution < 1.29 is 14.7 Å². The van der Waals surface area contributed by atoms with Gasteiger partial charge in [-0.2, -0.15) is 0 Å². The Morgan fingerprint density at radius 2 is 1.81 bits per heavy atom. The molecule has 0 aliphatic carbocycles. The Bertz CT molecular complexity index is 228. The van der Waals surface area contributed by atoms with Crippen LogP contribution in [0.25, 0.3) is 0 Å². The van der Waals surface area contributed by atoms with Crippen LogP contribution in [0.1, 0.15) is 52.9 Å². The maximum Gasteiger partial charge on any atom is 0.188 e. The Labute approximate surface area is 102 Å². The van der Waals surface area contributed by atoms with E-state index in [1.807, 2.05) is 6.92 Å². The summed E-state index contributed by atoms with van der Waals surface area (Å²) >= 11 is 1.37. The van der Waals surface area contributed by atoms with Crippen molar-refractivity contribution in [2.75, 3.05) is 0 Å². The minimum atomic E-state index is -0.998. The van der Waals surface area contributed by atoms with Crippen LogP contribution in [0.3, 0.4) is 0 Å². The summed E-state index contributed by atoms with van der Waals surface area (Å²) in [6, 6.07) is 0. The molecule has 0 aliphatic rings. The number of carboxylic acid groups (broad SMARTS) is 1. The first-order valence-corrected chi connectivity index (χ1v) is 6.79. The molecule has 0 heterocycles. The summed E-state index contributed by atoms with van der Waals surface area (Å²) in [5.74, 6) is -1.42. The van der Waals surface area contributed by atoms with E-state index < -0.39 is 11.9 Å². The lowest BCUT2D eigenvalue weighted by Gasteiger charge is -2.18. The van der Waals surface area contributed by atoms with Crippen LogP contribution in [0, 0.1) is 5.92 Å². The number of carbonyl (C=O) groups excluding carboxylic acids is 2. The second-order valence-electron chi connectivity index (χ2n) is 4.05. The van der Waals surface area contributed by atoms with Crippen LogP contribution in [0.4, 0.5) is 0 Å². The van der Waals surface area contributed by atoms with Gasteiger partial charge < -0.3 is 9.90 Å². The van der Waals surface area contributed by atoms with Crippen molar-refractivity contribution in [2.45, 2.75) is 58.1 Å². The maximum atomic E-state index is 11.3. The molecule has 0 aromatic carbocycles. The molecule has 0 amide bonds. The SMILES string of the molecule is CCCC(CCC(C)C(=O)[O-])SC(=O)CC. The summed E-state index contributed by atoms with van der Waals surface area (Å²) in [6.07, 6.45) is 3.90. The van der Waals surface area contributed by atoms with E-state index in [9.17, 15) is 14.7 Å². The molecule has 0 saturated heterocycles. The van der Waals surface area contributed by atoms with Crippen molar-refractivity contribution >= 4 is 22.8 Å². The quantitative estimate of drug-likeness (QED) is 0.656. The van der Waals surface area contributed by atoms with Crippen molar-refractivity contribution in [3.8, 4) is 0 Å². The van der Waals surface area contributed by atoms with E-state index in [1.165, 1.54) is 11.8 Å². The van der Waals surface area contributed by atoms with Gasteiger partial charge in [0, 0.05) is 17.6 Å². The molecule has 3 nitrogen and oxygen atoms in total. The van der Waals surface area contributed by atoms with E-state index in [-0.39, 0.29) is 10.4 Å². The third-order valence-corrected chi connectivity index (χ3v) is 3.88. The van der Waals surface area contributed by atoms with Crippen LogP contribution in [0.5, 0.6) is 0 Å². The Morgan fingerprint density at radius 1 is 1.19 bits per heavy atom. The van der Waals surface area contributed by atoms with Crippen LogP contribution in [0.15, 0.2) is 0 Å². The molecule has 0 radical (unpaired) electrons. The Hall–Kier alpha value is -0.510. The van der Waals surface area contributed by atoms with Crippen molar-refractivity contribution in [1.82, 2.24) is 0 Å². The van der Waals surface area contributed by atoms with Gasteiger partial charge in [0.1, 0.15) is 0 Å². The number of rotatable bonds is 8. The van der Waals surface area contributed by atoms with Crippen molar-refractivity contribution in [3.63, 3.8) is 0 Å². The number of carbonyl (C=O) groups is 2. The number of hydrogen-bond donors (Lipinski definition) is 0. The molecule has 0 aliphatic heterocycles. The molecule has 0 spiro atoms. The van der Waals surface area contributed by atoms with Crippen LogP contribution >= 0.6 is 11.8 Å². The molecule has 0 N–H and O–H groups in total. The van der Waals surface area contributed by atoms with Crippen LogP contribution < -0.4 is 5.11 Å². The first kappa shape index (κ1) is 15.5. The zero-order valence-corrected chi connectivity index (χ0v) is 11.1. The van der Waals surface area contributed by atoms with Gasteiger partial charge in [0.05, 0.1) is 0 Å². The van der Waals surface area contributed by atoms with Crippen molar-refractivity contribution in [1.29, 1.82) is 0 Å². The minimum absolute atomic E-state index is 0.194. The first-order valence-electron chi connectivity index (χ1n) is 5.91. The number of hydrogen-bond acceptors (Lipinski definition) is 4. The van der Waals surface area contributed by atoms with Gasteiger partial charge in [0.2, 0.25) is 0 Å². The van der Waals surface area contributed by atoms with Gasteiger partial charge in [-0.05, 0) is 25.2 Å². The molecule has 0 aromatic heterocycles. The molecule has 0 rings (SSSR count). The van der Waals surface area contributed by atoms with Gasteiger partial charge >= 0.3 is 0 Å². The molecular weight excluding hydrogens is 224 g/mol. The Balaban J connectivity index is 4.02. The predicted molar refractivity (Wildman–Crippen MR) is 65.0 cm³/mol. The fourth-order valence-electron chi connectivity index (χ4n) is 1.41. The third kappa shape index (κ3) is 6.88. The van der Waals surface area contributed by atoms with Gasteiger partial charge in [-0.3, -0.25) is 4.79 Å². The van der Waals surface area contributed by atoms with E-state index in [0.29, 0.717) is 12.8 Å². The fraction of sp³-hybridized carbons (Fsp3) is 0.833. The first-order chi connectivity index (χ1) is 7.51. The molecule has 4 heteroatoms. The van der Waals surface area contributed by atoms with E-state index >= 15 is 0 Å². The van der Waals surface area contributed by atoms with Gasteiger partial charge in [0.25, 0.3) is 0 Å². The smallest absolute Gasteiger partial charge is 0.188 e. The van der Waals surface area contributed by atoms with Crippen molar-refractivity contribution in [2.24, 2.45) is 5.92 Å². The number of thioether (sulfide) groups is 1. The minimum Gasteiger partial charge on any atom is -0.550 e. The average molecular weight is 245 g/mol. The molecule has 0 fully saturated rings. The lowest BCUT2D eigenvalue weighted by atomic mass is 10.0. The second-order valence-corrected chi connectivity index (χ2v) is 5.41. The molecule has 0 saturated carbocycles. The maximum absolute atomic E-state index is 11.3. The molecule has 0 aromatic rings. The normalized spacial score (nSPS) is 14.4. The summed E-state index contributed by atoms with van der Waals surface area (Å²) in [5.41, 5.74) is 0. The third-order valence-electron chi connectivity index (χ3n) is 2.52. The van der Waals surface area contributed by atoms with E-state index in [0.717, 1.165) is 19.3 Å². The van der Waals surface area contributed by atoms with Gasteiger partial charge in [-0.15, -0.1) is 0 Å². The summed E-state index contributed by atoms with van der Waals surface area (Å²) in [4.78, 5) is 21.9. The zero-order valence-electron chi connectivity index (χ0n) is 10.3. The van der Waals surface area contributed by atoms with Crippen LogP contribution in [0.2, 0.25) is 0 Å². The summed E-state index contributed by atoms with van der Waals surface area (Å²) in [5, 5.41) is 11.0. The topological polar surface area (TPSA) is 57.2 Å². The summed E-state index contributed by atoms with van der Waals surface area (Å²) in [7, 11) is 0. The van der Waals surface area contributed by atoms with Gasteiger partial charge in [-0.25, -0.2) is 0 Å². The van der Waals surface area contributed by atoms with E-state index in [1.54, 1.807) is 6.92 Å². The largest absolute Gasteiger partial charge is 0.550 e. The summed E-state index contributed by atoms with van der Waals surface area (Å²) in [6.45, 7) is 5.58. The lowest BCUT2D eigenvalue weighted by Crippen LogP contribution is -2.29. The van der Waals surface area contributed by atoms with Gasteiger partial charge in [-0.1, -0.05) is 39.0 Å². The molecule has 0 bridgehead atoms. The predicted octanol–water partition coefficient (Wildman–Crippen LogP) is 1.99. The molecular formula is C12H21O3S-. The van der Waals surface area contributed by atoms with Crippen molar-refractivity contribution in [3.05, 3.63) is 0 Å². The fourth-order valence-corrected chi connectivity index (χ4v) is 2.55. The second kappa shape index (κ2) is 8.62. The van der Waals surface area contributed by atoms with E-state index in [2.05, 4.69) is 6.92 Å². The standard InChI is InChI=1S/C12H22O3S/c1-4-6-10(16-11(13)5-2)8-7-9(3)12(14)15/h9-10H,4-8H2,1-3H3,(H,14,15)/p-1. The molecule has 94 valence electrons. The molecule has 16 heavy (non-hydrogen) atoms. The highest BCUT2D eigenvalue weighted by atomic mass is 32.2. The Kier molecular flexibility index (Phi) is 8.35. The number of aliphatic carboxylic acids is 1. The highest BCUT2D eigenvalue weighted by Gasteiger charge is 2.14. The highest BCUT2D eigenvalue weighted by Crippen LogP contribution is 2.24. The summed E-state index contributed by atoms with van der Waals surface area (Å²) < 4.78 is 0. The van der Waals surface area contributed by atoms with E-state index in [4.69, 9.17) is 0 Å².